The molecule has 0 saturated carbocycles. The molecule has 11 heteroatoms. The van der Waals surface area contributed by atoms with Gasteiger partial charge in [0.2, 0.25) is 17.7 Å². The van der Waals surface area contributed by atoms with Gasteiger partial charge >= 0.3 is 6.18 Å². The molecule has 1 atom stereocenters. The summed E-state index contributed by atoms with van der Waals surface area (Å²) in [7, 11) is 1.38. The average molecular weight is 426 g/mol. The first-order valence-electron chi connectivity index (χ1n) is 8.93. The highest BCUT2D eigenvalue weighted by Crippen LogP contribution is 2.20. The molecule has 2 amide bonds. The minimum atomic E-state index is -4.46. The maximum absolute atomic E-state index is 12.6. The third-order valence-corrected chi connectivity index (χ3v) is 3.85. The standard InChI is InChI=1S/C19H21F3N4O4/c1-4-15(27)25-14-7-13(8-17(26-14)29-3)18(28)24-11(2)12-5-6-16(23-9-12)30-10-19(20,21)22/h5-9,11H,4,10H2,1-3H3,(H,24,28)(H,25,26,27). The third-order valence-electron chi connectivity index (χ3n) is 3.85. The smallest absolute Gasteiger partial charge is 0.422 e. The average Bonchev–Trinajstić information content (AvgIpc) is 2.71. The summed E-state index contributed by atoms with van der Waals surface area (Å²) in [5.74, 6) is -0.590. The molecule has 0 aromatic carbocycles. The van der Waals surface area contributed by atoms with Crippen LogP contribution in [0.1, 0.15) is 42.2 Å². The molecule has 2 heterocycles. The molecule has 0 bridgehead atoms. The molecule has 0 saturated heterocycles. The number of pyridine rings is 2. The number of amides is 2. The van der Waals surface area contributed by atoms with Crippen LogP contribution in [0.15, 0.2) is 30.5 Å². The minimum Gasteiger partial charge on any atom is -0.481 e. The SMILES string of the molecule is CCC(=O)Nc1cc(C(=O)NC(C)c2ccc(OCC(F)(F)F)nc2)cc(OC)n1. The van der Waals surface area contributed by atoms with Gasteiger partial charge in [-0.3, -0.25) is 9.59 Å². The summed E-state index contributed by atoms with van der Waals surface area (Å²) in [5, 5.41) is 5.30. The number of ether oxygens (including phenoxy) is 2. The van der Waals surface area contributed by atoms with Crippen LogP contribution >= 0.6 is 0 Å². The van der Waals surface area contributed by atoms with Crippen molar-refractivity contribution in [3.63, 3.8) is 0 Å². The molecule has 0 aliphatic rings. The summed E-state index contributed by atoms with van der Waals surface area (Å²) < 4.78 is 46.2. The fourth-order valence-corrected chi connectivity index (χ4v) is 2.29. The highest BCUT2D eigenvalue weighted by atomic mass is 19.4. The molecule has 2 aromatic heterocycles. The van der Waals surface area contributed by atoms with Gasteiger partial charge in [0.25, 0.3) is 5.91 Å². The van der Waals surface area contributed by atoms with Crippen molar-refractivity contribution in [1.29, 1.82) is 0 Å². The Hall–Kier alpha value is -3.37. The lowest BCUT2D eigenvalue weighted by atomic mass is 10.1. The highest BCUT2D eigenvalue weighted by molar-refractivity contribution is 5.97. The van der Waals surface area contributed by atoms with E-state index in [0.717, 1.165) is 0 Å². The van der Waals surface area contributed by atoms with E-state index in [4.69, 9.17) is 4.74 Å². The Morgan fingerprint density at radius 3 is 2.50 bits per heavy atom. The van der Waals surface area contributed by atoms with Crippen LogP contribution in [0.3, 0.4) is 0 Å². The van der Waals surface area contributed by atoms with Crippen LogP contribution in [-0.2, 0) is 4.79 Å². The number of aromatic nitrogens is 2. The van der Waals surface area contributed by atoms with Gasteiger partial charge in [-0.2, -0.15) is 18.2 Å². The summed E-state index contributed by atoms with van der Waals surface area (Å²) in [6.45, 7) is 1.92. The number of carbonyl (C=O) groups excluding carboxylic acids is 2. The number of anilines is 1. The molecule has 0 aliphatic carbocycles. The maximum Gasteiger partial charge on any atom is 0.422 e. The first kappa shape index (κ1) is 22.9. The lowest BCUT2D eigenvalue weighted by Crippen LogP contribution is -2.27. The van der Waals surface area contributed by atoms with Crippen molar-refractivity contribution < 1.29 is 32.2 Å². The normalized spacial score (nSPS) is 12.1. The third kappa shape index (κ3) is 6.90. The van der Waals surface area contributed by atoms with Crippen LogP contribution in [0.4, 0.5) is 19.0 Å². The minimum absolute atomic E-state index is 0.148. The predicted molar refractivity (Wildman–Crippen MR) is 101 cm³/mol. The molecule has 2 N–H and O–H groups in total. The Labute approximate surface area is 170 Å². The van der Waals surface area contributed by atoms with Gasteiger partial charge in [0.1, 0.15) is 5.82 Å². The zero-order valence-electron chi connectivity index (χ0n) is 16.5. The first-order valence-corrected chi connectivity index (χ1v) is 8.93. The maximum atomic E-state index is 12.6. The summed E-state index contributed by atoms with van der Waals surface area (Å²) in [6.07, 6.45) is -2.90. The van der Waals surface area contributed by atoms with Crippen molar-refractivity contribution in [3.8, 4) is 11.8 Å². The lowest BCUT2D eigenvalue weighted by molar-refractivity contribution is -0.154. The van der Waals surface area contributed by atoms with Gasteiger partial charge in [-0.15, -0.1) is 0 Å². The molecule has 0 spiro atoms. The number of hydrogen-bond acceptors (Lipinski definition) is 6. The number of nitrogens with zero attached hydrogens (tertiary/aromatic N) is 2. The lowest BCUT2D eigenvalue weighted by Gasteiger charge is -2.16. The molecule has 2 aromatic rings. The number of rotatable bonds is 8. The van der Waals surface area contributed by atoms with Gasteiger partial charge in [0.05, 0.1) is 13.2 Å². The Bertz CT molecular complexity index is 888. The van der Waals surface area contributed by atoms with Crippen LogP contribution < -0.4 is 20.1 Å². The fourth-order valence-electron chi connectivity index (χ4n) is 2.29. The van der Waals surface area contributed by atoms with Crippen molar-refractivity contribution >= 4 is 17.6 Å². The molecular weight excluding hydrogens is 405 g/mol. The molecule has 0 radical (unpaired) electrons. The fraction of sp³-hybridized carbons (Fsp3) is 0.368. The van der Waals surface area contributed by atoms with E-state index >= 15 is 0 Å². The van der Waals surface area contributed by atoms with Crippen LogP contribution in [0.5, 0.6) is 11.8 Å². The molecule has 30 heavy (non-hydrogen) atoms. The van der Waals surface area contributed by atoms with E-state index in [9.17, 15) is 22.8 Å². The molecule has 0 fully saturated rings. The number of hydrogen-bond donors (Lipinski definition) is 2. The molecule has 8 nitrogen and oxygen atoms in total. The van der Waals surface area contributed by atoms with Gasteiger partial charge in [0, 0.05) is 30.3 Å². The van der Waals surface area contributed by atoms with Gasteiger partial charge in [-0.25, -0.2) is 4.98 Å². The Morgan fingerprint density at radius 1 is 1.20 bits per heavy atom. The van der Waals surface area contributed by atoms with E-state index in [1.54, 1.807) is 13.8 Å². The summed E-state index contributed by atoms with van der Waals surface area (Å²) in [6, 6.07) is 5.11. The van der Waals surface area contributed by atoms with Gasteiger partial charge in [-0.1, -0.05) is 13.0 Å². The Morgan fingerprint density at radius 2 is 1.93 bits per heavy atom. The quantitative estimate of drug-likeness (QED) is 0.672. The second-order valence-electron chi connectivity index (χ2n) is 6.21. The zero-order chi connectivity index (χ0) is 22.3. The molecule has 0 aliphatic heterocycles. The number of halogens is 3. The second kappa shape index (κ2) is 9.90. The summed E-state index contributed by atoms with van der Waals surface area (Å²) >= 11 is 0. The van der Waals surface area contributed by atoms with E-state index < -0.39 is 24.7 Å². The summed E-state index contributed by atoms with van der Waals surface area (Å²) in [4.78, 5) is 32.1. The van der Waals surface area contributed by atoms with Gasteiger partial charge < -0.3 is 20.1 Å². The number of alkyl halides is 3. The van der Waals surface area contributed by atoms with Crippen LogP contribution in [-0.4, -0.2) is 41.7 Å². The molecule has 1 unspecified atom stereocenters. The highest BCUT2D eigenvalue weighted by Gasteiger charge is 2.28. The van der Waals surface area contributed by atoms with E-state index in [-0.39, 0.29) is 35.5 Å². The largest absolute Gasteiger partial charge is 0.481 e. The van der Waals surface area contributed by atoms with Crippen molar-refractivity contribution in [2.24, 2.45) is 0 Å². The Balaban J connectivity index is 2.07. The number of carbonyl (C=O) groups is 2. The molecular formula is C19H21F3N4O4. The zero-order valence-corrected chi connectivity index (χ0v) is 16.5. The van der Waals surface area contributed by atoms with Gasteiger partial charge in [0.15, 0.2) is 6.61 Å². The topological polar surface area (TPSA) is 102 Å². The van der Waals surface area contributed by atoms with Crippen molar-refractivity contribution in [2.45, 2.75) is 32.5 Å². The van der Waals surface area contributed by atoms with Crippen LogP contribution in [0, 0.1) is 0 Å². The monoisotopic (exact) mass is 426 g/mol. The van der Waals surface area contributed by atoms with Gasteiger partial charge in [-0.05, 0) is 18.6 Å². The predicted octanol–water partition coefficient (Wildman–Crippen LogP) is 3.27. The number of nitrogens with one attached hydrogen (secondary N) is 2. The Kier molecular flexibility index (Phi) is 7.56. The van der Waals surface area contributed by atoms with Crippen molar-refractivity contribution in [2.75, 3.05) is 19.0 Å². The van der Waals surface area contributed by atoms with Crippen molar-refractivity contribution in [3.05, 3.63) is 41.6 Å². The molecule has 162 valence electrons. The van der Waals surface area contributed by atoms with Crippen molar-refractivity contribution in [1.82, 2.24) is 15.3 Å². The first-order chi connectivity index (χ1) is 14.1. The second-order valence-corrected chi connectivity index (χ2v) is 6.21. The van der Waals surface area contributed by atoms with E-state index in [1.807, 2.05) is 0 Å². The summed E-state index contributed by atoms with van der Waals surface area (Å²) in [5.41, 5.74) is 0.765. The van der Waals surface area contributed by atoms with Crippen LogP contribution in [0.2, 0.25) is 0 Å². The van der Waals surface area contributed by atoms with E-state index in [0.29, 0.717) is 5.56 Å². The van der Waals surface area contributed by atoms with E-state index in [2.05, 4.69) is 25.3 Å². The van der Waals surface area contributed by atoms with Crippen LogP contribution in [0.25, 0.3) is 0 Å². The molecule has 2 rings (SSSR count). The van der Waals surface area contributed by atoms with E-state index in [1.165, 1.54) is 37.6 Å². The number of methoxy groups -OCH3 is 1.